The lowest BCUT2D eigenvalue weighted by atomic mass is 9.93. The number of benzene rings is 1. The van der Waals surface area contributed by atoms with Crippen molar-refractivity contribution >= 4 is 11.7 Å². The number of carboxylic acids is 1. The van der Waals surface area contributed by atoms with Crippen molar-refractivity contribution in [1.29, 1.82) is 5.26 Å². The summed E-state index contributed by atoms with van der Waals surface area (Å²) < 4.78 is 0. The zero-order chi connectivity index (χ0) is 14.8. The van der Waals surface area contributed by atoms with E-state index in [0.29, 0.717) is 18.7 Å². The van der Waals surface area contributed by atoms with Crippen LogP contribution < -0.4 is 4.90 Å². The molecular formula is C16H13N3O2. The molecule has 1 unspecified atom stereocenters. The van der Waals surface area contributed by atoms with Gasteiger partial charge in [0.25, 0.3) is 0 Å². The maximum Gasteiger partial charge on any atom is 0.326 e. The van der Waals surface area contributed by atoms with Crippen LogP contribution in [0.3, 0.4) is 0 Å². The molecule has 0 saturated carbocycles. The second-order valence-corrected chi connectivity index (χ2v) is 4.97. The summed E-state index contributed by atoms with van der Waals surface area (Å²) in [6.45, 7) is 0.528. The number of anilines is 1. The monoisotopic (exact) mass is 279 g/mol. The Morgan fingerprint density at radius 1 is 1.29 bits per heavy atom. The number of hydrogen-bond acceptors (Lipinski definition) is 4. The first-order chi connectivity index (χ1) is 10.2. The third-order valence-corrected chi connectivity index (χ3v) is 3.73. The third kappa shape index (κ3) is 2.43. The summed E-state index contributed by atoms with van der Waals surface area (Å²) in [6.07, 6.45) is 2.02. The number of carboxylic acid groups (broad SMARTS) is 1. The van der Waals surface area contributed by atoms with Crippen LogP contribution in [-0.2, 0) is 17.8 Å². The largest absolute Gasteiger partial charge is 0.480 e. The molecule has 1 aliphatic heterocycles. The van der Waals surface area contributed by atoms with Crippen LogP contribution in [0.15, 0.2) is 42.6 Å². The molecule has 0 spiro atoms. The maximum absolute atomic E-state index is 11.6. The highest BCUT2D eigenvalue weighted by molar-refractivity contribution is 5.79. The van der Waals surface area contributed by atoms with Crippen LogP contribution in [0.2, 0.25) is 0 Å². The summed E-state index contributed by atoms with van der Waals surface area (Å²) in [5.74, 6) is -0.853. The van der Waals surface area contributed by atoms with Crippen LogP contribution >= 0.6 is 0 Å². The molecule has 104 valence electrons. The average molecular weight is 279 g/mol. The number of carbonyl (C=O) groups is 1. The Hall–Kier alpha value is -2.87. The average Bonchev–Trinajstić information content (AvgIpc) is 2.53. The molecule has 5 nitrogen and oxygen atoms in total. The van der Waals surface area contributed by atoms with Gasteiger partial charge < -0.3 is 10.0 Å². The number of fused-ring (bicyclic) bond motifs is 1. The van der Waals surface area contributed by atoms with Gasteiger partial charge in [-0.1, -0.05) is 24.3 Å². The fourth-order valence-corrected chi connectivity index (χ4v) is 2.64. The number of aromatic nitrogens is 1. The minimum absolute atomic E-state index is 0.322. The van der Waals surface area contributed by atoms with E-state index in [-0.39, 0.29) is 0 Å². The van der Waals surface area contributed by atoms with E-state index in [9.17, 15) is 9.90 Å². The van der Waals surface area contributed by atoms with E-state index < -0.39 is 12.0 Å². The molecular weight excluding hydrogens is 266 g/mol. The Morgan fingerprint density at radius 2 is 2.05 bits per heavy atom. The first-order valence-corrected chi connectivity index (χ1v) is 6.61. The lowest BCUT2D eigenvalue weighted by molar-refractivity contribution is -0.138. The zero-order valence-electron chi connectivity index (χ0n) is 11.2. The van der Waals surface area contributed by atoms with Crippen molar-refractivity contribution in [2.24, 2.45) is 0 Å². The molecule has 1 aromatic heterocycles. The second-order valence-electron chi connectivity index (χ2n) is 4.97. The zero-order valence-corrected chi connectivity index (χ0v) is 11.2. The lowest BCUT2D eigenvalue weighted by Gasteiger charge is -2.35. The molecule has 5 heteroatoms. The maximum atomic E-state index is 11.6. The normalized spacial score (nSPS) is 16.9. The topological polar surface area (TPSA) is 77.2 Å². The van der Waals surface area contributed by atoms with Crippen molar-refractivity contribution in [3.05, 3.63) is 59.4 Å². The van der Waals surface area contributed by atoms with Gasteiger partial charge in [0, 0.05) is 13.0 Å². The van der Waals surface area contributed by atoms with E-state index >= 15 is 0 Å². The summed E-state index contributed by atoms with van der Waals surface area (Å²) in [4.78, 5) is 17.4. The van der Waals surface area contributed by atoms with Gasteiger partial charge in [-0.2, -0.15) is 5.26 Å². The van der Waals surface area contributed by atoms with Gasteiger partial charge in [-0.25, -0.2) is 9.78 Å². The molecule has 0 amide bonds. The fraction of sp³-hybridized carbons (Fsp3) is 0.188. The molecule has 0 saturated heterocycles. The fourth-order valence-electron chi connectivity index (χ4n) is 2.64. The minimum atomic E-state index is -0.853. The Balaban J connectivity index is 1.99. The highest BCUT2D eigenvalue weighted by atomic mass is 16.4. The Kier molecular flexibility index (Phi) is 3.28. The summed E-state index contributed by atoms with van der Waals surface area (Å²) in [6, 6.07) is 12.6. The molecule has 1 aromatic carbocycles. The van der Waals surface area contributed by atoms with Gasteiger partial charge in [0.15, 0.2) is 0 Å². The number of rotatable bonds is 2. The van der Waals surface area contributed by atoms with Crippen molar-refractivity contribution in [2.75, 3.05) is 4.90 Å². The van der Waals surface area contributed by atoms with E-state index in [1.807, 2.05) is 35.2 Å². The van der Waals surface area contributed by atoms with Gasteiger partial charge in [0.2, 0.25) is 0 Å². The summed E-state index contributed by atoms with van der Waals surface area (Å²) >= 11 is 0. The van der Waals surface area contributed by atoms with Crippen molar-refractivity contribution in [3.63, 3.8) is 0 Å². The van der Waals surface area contributed by atoms with Crippen LogP contribution in [0.5, 0.6) is 0 Å². The predicted molar refractivity (Wildman–Crippen MR) is 76.7 cm³/mol. The summed E-state index contributed by atoms with van der Waals surface area (Å²) in [5.41, 5.74) is 3.24. The van der Waals surface area contributed by atoms with Gasteiger partial charge >= 0.3 is 5.97 Å². The molecule has 2 heterocycles. The second kappa shape index (κ2) is 5.25. The first-order valence-electron chi connectivity index (χ1n) is 6.61. The molecule has 1 N–H and O–H groups in total. The van der Waals surface area contributed by atoms with Crippen LogP contribution in [0.1, 0.15) is 16.8 Å². The van der Waals surface area contributed by atoms with Gasteiger partial charge in [-0.05, 0) is 23.3 Å². The molecule has 1 aliphatic rings. The van der Waals surface area contributed by atoms with Crippen molar-refractivity contribution < 1.29 is 9.90 Å². The molecule has 21 heavy (non-hydrogen) atoms. The predicted octanol–water partition coefficient (Wildman–Crippen LogP) is 1.97. The molecule has 2 aromatic rings. The number of pyridine rings is 1. The molecule has 0 bridgehead atoms. The number of hydrogen-bond donors (Lipinski definition) is 1. The smallest absolute Gasteiger partial charge is 0.326 e. The number of aliphatic carboxylic acids is 1. The third-order valence-electron chi connectivity index (χ3n) is 3.73. The van der Waals surface area contributed by atoms with Crippen molar-refractivity contribution in [3.8, 4) is 6.07 Å². The van der Waals surface area contributed by atoms with Gasteiger partial charge in [-0.15, -0.1) is 0 Å². The minimum Gasteiger partial charge on any atom is -0.480 e. The first kappa shape index (κ1) is 13.1. The van der Waals surface area contributed by atoms with Gasteiger partial charge in [-0.3, -0.25) is 0 Å². The van der Waals surface area contributed by atoms with E-state index in [2.05, 4.69) is 4.98 Å². The van der Waals surface area contributed by atoms with Gasteiger partial charge in [0.05, 0.1) is 11.9 Å². The highest BCUT2D eigenvalue weighted by Crippen LogP contribution is 2.28. The van der Waals surface area contributed by atoms with Gasteiger partial charge in [0.1, 0.15) is 17.8 Å². The molecule has 0 fully saturated rings. The Labute approximate surface area is 122 Å². The molecule has 0 aliphatic carbocycles. The van der Waals surface area contributed by atoms with E-state index in [0.717, 1.165) is 16.8 Å². The Bertz CT molecular complexity index is 719. The van der Waals surface area contributed by atoms with Crippen LogP contribution in [0.25, 0.3) is 0 Å². The lowest BCUT2D eigenvalue weighted by Crippen LogP contribution is -2.45. The molecule has 0 radical (unpaired) electrons. The van der Waals surface area contributed by atoms with Crippen LogP contribution in [-0.4, -0.2) is 22.1 Å². The van der Waals surface area contributed by atoms with Crippen LogP contribution in [0, 0.1) is 11.3 Å². The summed E-state index contributed by atoms with van der Waals surface area (Å²) in [7, 11) is 0. The van der Waals surface area contributed by atoms with E-state index in [1.165, 1.54) is 0 Å². The van der Waals surface area contributed by atoms with Crippen molar-refractivity contribution in [1.82, 2.24) is 4.98 Å². The molecule has 3 rings (SSSR count). The van der Waals surface area contributed by atoms with E-state index in [4.69, 9.17) is 5.26 Å². The van der Waals surface area contributed by atoms with E-state index in [1.54, 1.807) is 18.3 Å². The van der Waals surface area contributed by atoms with Crippen LogP contribution in [0.4, 0.5) is 5.69 Å². The number of nitriles is 1. The highest BCUT2D eigenvalue weighted by Gasteiger charge is 2.31. The molecule has 1 atom stereocenters. The quantitative estimate of drug-likeness (QED) is 0.909. The number of nitrogens with zero attached hydrogens (tertiary/aromatic N) is 3. The summed E-state index contributed by atoms with van der Waals surface area (Å²) in [5, 5.41) is 18.3. The van der Waals surface area contributed by atoms with Crippen molar-refractivity contribution in [2.45, 2.75) is 19.0 Å². The Morgan fingerprint density at radius 3 is 2.67 bits per heavy atom. The standard InChI is InChI=1S/C16H13N3O2/c17-8-13-5-6-14(9-18-13)19-10-12-4-2-1-3-11(12)7-15(19)16(20)21/h1-6,9,15H,7,10H2,(H,20,21). The SMILES string of the molecule is N#Cc1ccc(N2Cc3ccccc3CC2C(=O)O)cn1.